The molecule has 1 radical (unpaired) electrons. The number of unbranched alkanes of at least 4 members (excludes halogenated alkanes) is 13. The first-order valence-corrected chi connectivity index (χ1v) is 10.9. The van der Waals surface area contributed by atoms with Gasteiger partial charge < -0.3 is 0 Å². The Kier molecular flexibility index (Phi) is 15.6. The van der Waals surface area contributed by atoms with Crippen LogP contribution in [0.4, 0.5) is 0 Å². The summed E-state index contributed by atoms with van der Waals surface area (Å²) in [5, 5.41) is 0. The topological polar surface area (TPSA) is 0 Å². The van der Waals surface area contributed by atoms with E-state index in [4.69, 9.17) is 0 Å². The summed E-state index contributed by atoms with van der Waals surface area (Å²) in [4.78, 5) is 0. The van der Waals surface area contributed by atoms with Crippen molar-refractivity contribution < 1.29 is 0 Å². The van der Waals surface area contributed by atoms with E-state index in [9.17, 15) is 0 Å². The Balaban J connectivity index is 1.75. The second kappa shape index (κ2) is 17.8. The number of benzene rings is 1. The van der Waals surface area contributed by atoms with Crippen molar-refractivity contribution in [1.29, 1.82) is 0 Å². The van der Waals surface area contributed by atoms with E-state index >= 15 is 0 Å². The molecule has 0 aliphatic carbocycles. The van der Waals surface area contributed by atoms with Crippen LogP contribution in [-0.4, -0.2) is 0 Å². The summed E-state index contributed by atoms with van der Waals surface area (Å²) in [5.74, 6) is 0. The first-order chi connectivity index (χ1) is 12.4. The summed E-state index contributed by atoms with van der Waals surface area (Å²) in [6.07, 6.45) is 27.7. The summed E-state index contributed by atoms with van der Waals surface area (Å²) < 4.78 is 0. The molecule has 0 heteroatoms. The van der Waals surface area contributed by atoms with Crippen LogP contribution in [0.25, 0.3) is 0 Å². The van der Waals surface area contributed by atoms with Crippen LogP contribution in [0.2, 0.25) is 0 Å². The van der Waals surface area contributed by atoms with E-state index in [1.165, 1.54) is 95.5 Å². The maximum absolute atomic E-state index is 2.44. The van der Waals surface area contributed by atoms with E-state index in [1.54, 1.807) is 0 Å². The normalized spacial score (nSPS) is 11.4. The zero-order valence-electron chi connectivity index (χ0n) is 16.7. The smallest absolute Gasteiger partial charge is 0.0248 e. The third-order valence-electron chi connectivity index (χ3n) is 4.89. The Morgan fingerprint density at radius 3 is 1.72 bits per heavy atom. The molecule has 0 aliphatic heterocycles. The SMILES string of the molecule is CCCCCCCC/C=C\CCCCCCC[CH]Cc1ccccc1. The fraction of sp³-hybridized carbons (Fsp3) is 0.640. The highest BCUT2D eigenvalue weighted by Gasteiger charge is 1.94. The van der Waals surface area contributed by atoms with Gasteiger partial charge in [-0.25, -0.2) is 0 Å². The molecule has 0 amide bonds. The molecule has 0 aliphatic rings. The maximum atomic E-state index is 2.44. The third-order valence-corrected chi connectivity index (χ3v) is 4.89. The van der Waals surface area contributed by atoms with Crippen LogP contribution in [0.15, 0.2) is 42.5 Å². The van der Waals surface area contributed by atoms with Crippen molar-refractivity contribution >= 4 is 0 Å². The van der Waals surface area contributed by atoms with Gasteiger partial charge in [0.2, 0.25) is 0 Å². The Morgan fingerprint density at radius 2 is 1.12 bits per heavy atom. The summed E-state index contributed by atoms with van der Waals surface area (Å²) in [6, 6.07) is 10.8. The number of allylic oxidation sites excluding steroid dienone is 2. The summed E-state index contributed by atoms with van der Waals surface area (Å²) in [7, 11) is 0. The highest BCUT2D eigenvalue weighted by Crippen LogP contribution is 2.11. The molecule has 0 atom stereocenters. The fourth-order valence-corrected chi connectivity index (χ4v) is 3.24. The molecule has 141 valence electrons. The molecule has 0 nitrogen and oxygen atoms in total. The predicted octanol–water partition coefficient (Wildman–Crippen LogP) is 8.47. The molecule has 0 fully saturated rings. The van der Waals surface area contributed by atoms with Gasteiger partial charge in [-0.2, -0.15) is 0 Å². The number of hydrogen-bond acceptors (Lipinski definition) is 0. The molecular formula is C25H41. The van der Waals surface area contributed by atoms with Crippen molar-refractivity contribution in [3.63, 3.8) is 0 Å². The lowest BCUT2D eigenvalue weighted by Crippen LogP contribution is -1.86. The zero-order valence-corrected chi connectivity index (χ0v) is 16.7. The number of hydrogen-bond donors (Lipinski definition) is 0. The van der Waals surface area contributed by atoms with E-state index in [-0.39, 0.29) is 0 Å². The molecule has 0 aromatic heterocycles. The lowest BCUT2D eigenvalue weighted by Gasteiger charge is -2.02. The van der Waals surface area contributed by atoms with Crippen molar-refractivity contribution in [3.05, 3.63) is 54.5 Å². The quantitative estimate of drug-likeness (QED) is 0.197. The largest absolute Gasteiger partial charge is 0.0885 e. The lowest BCUT2D eigenvalue weighted by atomic mass is 10.0. The van der Waals surface area contributed by atoms with Crippen molar-refractivity contribution in [2.75, 3.05) is 0 Å². The second-order valence-corrected chi connectivity index (χ2v) is 7.35. The fourth-order valence-electron chi connectivity index (χ4n) is 3.24. The Bertz CT molecular complexity index is 390. The van der Waals surface area contributed by atoms with Crippen LogP contribution in [0, 0.1) is 6.42 Å². The van der Waals surface area contributed by atoms with Gasteiger partial charge in [-0.1, -0.05) is 107 Å². The minimum atomic E-state index is 1.13. The zero-order chi connectivity index (χ0) is 17.8. The molecule has 1 aromatic carbocycles. The van der Waals surface area contributed by atoms with E-state index in [0.29, 0.717) is 0 Å². The molecule has 0 heterocycles. The van der Waals surface area contributed by atoms with E-state index in [1.807, 2.05) is 0 Å². The Morgan fingerprint density at radius 1 is 0.600 bits per heavy atom. The van der Waals surface area contributed by atoms with Crippen molar-refractivity contribution in [2.24, 2.45) is 0 Å². The van der Waals surface area contributed by atoms with E-state index < -0.39 is 0 Å². The first-order valence-electron chi connectivity index (χ1n) is 10.9. The molecule has 0 N–H and O–H groups in total. The van der Waals surface area contributed by atoms with Gasteiger partial charge in [0.15, 0.2) is 0 Å². The second-order valence-electron chi connectivity index (χ2n) is 7.35. The minimum Gasteiger partial charge on any atom is -0.0885 e. The molecule has 0 unspecified atom stereocenters. The summed E-state index contributed by atoms with van der Waals surface area (Å²) in [6.45, 7) is 2.28. The lowest BCUT2D eigenvalue weighted by molar-refractivity contribution is 0.607. The van der Waals surface area contributed by atoms with Crippen LogP contribution >= 0.6 is 0 Å². The van der Waals surface area contributed by atoms with Crippen molar-refractivity contribution in [2.45, 2.75) is 103 Å². The molecular weight excluding hydrogens is 300 g/mol. The molecule has 0 bridgehead atoms. The molecule has 0 saturated carbocycles. The van der Waals surface area contributed by atoms with Crippen molar-refractivity contribution in [1.82, 2.24) is 0 Å². The van der Waals surface area contributed by atoms with Gasteiger partial charge in [0, 0.05) is 0 Å². The van der Waals surface area contributed by atoms with Gasteiger partial charge in [0.1, 0.15) is 0 Å². The maximum Gasteiger partial charge on any atom is -0.0248 e. The van der Waals surface area contributed by atoms with Gasteiger partial charge in [-0.05, 0) is 50.5 Å². The Hall–Kier alpha value is -1.04. The minimum absolute atomic E-state index is 1.13. The molecule has 1 aromatic rings. The monoisotopic (exact) mass is 341 g/mol. The van der Waals surface area contributed by atoms with Crippen LogP contribution in [-0.2, 0) is 6.42 Å². The van der Waals surface area contributed by atoms with E-state index in [0.717, 1.165) is 6.42 Å². The highest BCUT2D eigenvalue weighted by molar-refractivity contribution is 5.16. The van der Waals surface area contributed by atoms with Gasteiger partial charge in [-0.15, -0.1) is 0 Å². The predicted molar refractivity (Wildman–Crippen MR) is 114 cm³/mol. The molecule has 0 spiro atoms. The third kappa shape index (κ3) is 15.0. The summed E-state index contributed by atoms with van der Waals surface area (Å²) in [5.41, 5.74) is 1.44. The van der Waals surface area contributed by atoms with Crippen LogP contribution < -0.4 is 0 Å². The van der Waals surface area contributed by atoms with Gasteiger partial charge in [-0.3, -0.25) is 0 Å². The highest BCUT2D eigenvalue weighted by atomic mass is 14.0. The summed E-state index contributed by atoms with van der Waals surface area (Å²) >= 11 is 0. The van der Waals surface area contributed by atoms with Gasteiger partial charge in [0.25, 0.3) is 0 Å². The molecule has 0 saturated heterocycles. The average Bonchev–Trinajstić information content (AvgIpc) is 2.65. The average molecular weight is 342 g/mol. The molecule has 25 heavy (non-hydrogen) atoms. The van der Waals surface area contributed by atoms with E-state index in [2.05, 4.69) is 55.8 Å². The molecule has 1 rings (SSSR count). The number of rotatable bonds is 17. The van der Waals surface area contributed by atoms with Gasteiger partial charge in [0.05, 0.1) is 0 Å². The van der Waals surface area contributed by atoms with Gasteiger partial charge >= 0.3 is 0 Å². The standard InChI is InChI=1S/C25H41/c1-2-3-4-5-6-7-8-9-10-11-12-13-14-15-16-17-19-22-25-23-20-18-21-24-25/h9-10,18-21,23-24H,2-8,11-17,22H2,1H3/b10-9-. The first kappa shape index (κ1) is 22.0. The van der Waals surface area contributed by atoms with Crippen LogP contribution in [0.1, 0.15) is 102 Å². The van der Waals surface area contributed by atoms with Crippen LogP contribution in [0.5, 0.6) is 0 Å². The van der Waals surface area contributed by atoms with Crippen molar-refractivity contribution in [3.8, 4) is 0 Å². The Labute approximate surface area is 158 Å². The van der Waals surface area contributed by atoms with Crippen LogP contribution in [0.3, 0.4) is 0 Å².